The number of nitrogens with zero attached hydrogens (tertiary/aromatic N) is 4. The van der Waals surface area contributed by atoms with Crippen molar-refractivity contribution in [2.45, 2.75) is 93.9 Å². The summed E-state index contributed by atoms with van der Waals surface area (Å²) < 4.78 is 69.4. The highest BCUT2D eigenvalue weighted by atomic mass is 32.3. The fraction of sp³-hybridized carbons (Fsp3) is 0.833. The summed E-state index contributed by atoms with van der Waals surface area (Å²) in [6.45, 7) is 3.37. The number of hydroxylamine groups is 6. The van der Waals surface area contributed by atoms with Gasteiger partial charge in [0, 0.05) is 38.3 Å². The molecule has 7 N–H and O–H groups in total. The van der Waals surface area contributed by atoms with Crippen LogP contribution in [-0.2, 0) is 48.6 Å². The molecule has 6 saturated heterocycles. The number of piperidine rings is 2. The van der Waals surface area contributed by atoms with Crippen LogP contribution in [0.25, 0.3) is 0 Å². The maximum absolute atomic E-state index is 12.3. The van der Waals surface area contributed by atoms with Gasteiger partial charge in [0.15, 0.2) is 0 Å². The van der Waals surface area contributed by atoms with E-state index in [-0.39, 0.29) is 37.9 Å². The molecule has 0 saturated carbocycles. The molecule has 0 aromatic heterocycles. The number of aliphatic hydroxyl groups excluding tert-OH is 1. The van der Waals surface area contributed by atoms with Crippen molar-refractivity contribution < 1.29 is 68.5 Å². The van der Waals surface area contributed by atoms with Crippen molar-refractivity contribution >= 4 is 44.7 Å². The lowest BCUT2D eigenvalue weighted by Crippen LogP contribution is -2.50. The Morgan fingerprint density at radius 1 is 0.776 bits per heavy atom. The van der Waals surface area contributed by atoms with E-state index in [9.17, 15) is 36.0 Å². The second-order valence-electron chi connectivity index (χ2n) is 12.5. The number of hydrogen-bond acceptors (Lipinski definition) is 15. The first kappa shape index (κ1) is 37.3. The SMILES string of the molecule is C[C@H]1CC(ONC(=O)[C@@H]2CC[C@@H]3CN2C(=O)N3OS(=O)(=O)O)CN1.O=C(NOC1CN[C@@H](CO)C1)[C@@H]1CC[C@@H]2CN1C(=O)N2OS(=O)(=O)O. The number of hydrogen-bond donors (Lipinski definition) is 7. The molecule has 6 rings (SSSR count). The zero-order valence-corrected chi connectivity index (χ0v) is 27.9. The molecule has 25 heteroatoms. The molecule has 6 amide bonds. The highest BCUT2D eigenvalue weighted by molar-refractivity contribution is 7.81. The van der Waals surface area contributed by atoms with Gasteiger partial charge in [-0.1, -0.05) is 0 Å². The van der Waals surface area contributed by atoms with E-state index in [2.05, 4.69) is 30.2 Å². The molecule has 0 radical (unpaired) electrons. The van der Waals surface area contributed by atoms with Gasteiger partial charge in [-0.25, -0.2) is 20.5 Å². The summed E-state index contributed by atoms with van der Waals surface area (Å²) in [6, 6.07) is -4.00. The first-order valence-corrected chi connectivity index (χ1v) is 18.3. The van der Waals surface area contributed by atoms with E-state index in [0.717, 1.165) is 6.42 Å². The van der Waals surface area contributed by atoms with Gasteiger partial charge in [-0.15, -0.1) is 8.57 Å². The first-order valence-electron chi connectivity index (χ1n) is 15.5. The molecule has 0 aromatic carbocycles. The Balaban J connectivity index is 0.000000191. The normalized spacial score (nSPS) is 32.7. The van der Waals surface area contributed by atoms with Gasteiger partial charge in [-0.3, -0.25) is 28.4 Å². The fourth-order valence-electron chi connectivity index (χ4n) is 6.62. The molecule has 0 aromatic rings. The Labute approximate surface area is 281 Å². The largest absolute Gasteiger partial charge is 0.418 e. The van der Waals surface area contributed by atoms with Crippen molar-refractivity contribution in [2.75, 3.05) is 32.8 Å². The summed E-state index contributed by atoms with van der Waals surface area (Å²) in [7, 11) is -9.62. The van der Waals surface area contributed by atoms with Gasteiger partial charge in [0.2, 0.25) is 0 Å². The van der Waals surface area contributed by atoms with Crippen LogP contribution in [0.1, 0.15) is 45.4 Å². The summed E-state index contributed by atoms with van der Waals surface area (Å²) >= 11 is 0. The molecule has 0 spiro atoms. The number of carbonyl (C=O) groups excluding carboxylic acids is 4. The third-order valence-electron chi connectivity index (χ3n) is 8.96. The summed E-state index contributed by atoms with van der Waals surface area (Å²) in [5.41, 5.74) is 4.71. The average Bonchev–Trinajstić information content (AvgIpc) is 3.79. The number of amides is 6. The van der Waals surface area contributed by atoms with Crippen molar-refractivity contribution in [3.8, 4) is 0 Å². The maximum atomic E-state index is 12.3. The van der Waals surface area contributed by atoms with Crippen LogP contribution in [0.15, 0.2) is 0 Å². The molecule has 2 unspecified atom stereocenters. The number of rotatable bonds is 11. The van der Waals surface area contributed by atoms with E-state index in [0.29, 0.717) is 61.4 Å². The van der Waals surface area contributed by atoms with E-state index >= 15 is 0 Å². The minimum Gasteiger partial charge on any atom is -0.395 e. The van der Waals surface area contributed by atoms with Crippen LogP contribution >= 0.6 is 0 Å². The number of nitrogens with one attached hydrogen (secondary N) is 4. The first-order chi connectivity index (χ1) is 23.0. The number of fused-ring (bicyclic) bond motifs is 4. The molecule has 23 nitrogen and oxygen atoms in total. The zero-order chi connectivity index (χ0) is 35.7. The van der Waals surface area contributed by atoms with Gasteiger partial charge in [0.05, 0.1) is 30.9 Å². The Bertz CT molecular complexity index is 1490. The Hall–Kier alpha value is -2.98. The number of carbonyl (C=O) groups is 4. The summed E-state index contributed by atoms with van der Waals surface area (Å²) in [5.74, 6) is -0.983. The standard InChI is InChI=1S/C12H20N4O8S.C12H20N4O7S/c17-6-7-3-9(4-13-7)23-14-11(18)10-2-1-8-5-15(10)12(19)16(8)24-25(20,21)22;1-7-4-9(5-13-7)22-14-11(17)10-3-2-8-6-15(10)12(18)16(8)23-24(19,20)21/h7-10,13,17H,1-6H2,(H,14,18)(H,20,21,22);7-10,13H,2-6H2,1H3,(H,14,17)(H,19,20,21)/t7-,8-,9?,10+;7-,8+,9?,10-/m10/s1. The van der Waals surface area contributed by atoms with E-state index in [1.54, 1.807) is 0 Å². The molecular formula is C24H40N8O15S2. The molecule has 6 heterocycles. The van der Waals surface area contributed by atoms with Crippen LogP contribution in [0.4, 0.5) is 9.59 Å². The van der Waals surface area contributed by atoms with Crippen LogP contribution in [-0.4, -0.2) is 156 Å². The van der Waals surface area contributed by atoms with E-state index < -0.39 is 68.8 Å². The van der Waals surface area contributed by atoms with Crippen molar-refractivity contribution in [2.24, 2.45) is 0 Å². The quantitative estimate of drug-likeness (QED) is 0.0799. The van der Waals surface area contributed by atoms with Crippen molar-refractivity contribution in [1.82, 2.24) is 41.5 Å². The van der Waals surface area contributed by atoms with E-state index in [1.807, 2.05) is 6.92 Å². The second-order valence-corrected chi connectivity index (χ2v) is 14.5. The van der Waals surface area contributed by atoms with Crippen LogP contribution in [0.3, 0.4) is 0 Å². The summed E-state index contributed by atoms with van der Waals surface area (Å²) in [6.07, 6.45) is 2.26. The van der Waals surface area contributed by atoms with Gasteiger partial charge >= 0.3 is 32.9 Å². The minimum atomic E-state index is -4.82. The minimum absolute atomic E-state index is 0.0241. The fourth-order valence-corrected chi connectivity index (χ4v) is 7.40. The lowest BCUT2D eigenvalue weighted by molar-refractivity contribution is -0.143. The van der Waals surface area contributed by atoms with E-state index in [4.69, 9.17) is 23.9 Å². The predicted octanol–water partition coefficient (Wildman–Crippen LogP) is -3.45. The molecule has 0 aliphatic carbocycles. The van der Waals surface area contributed by atoms with Crippen molar-refractivity contribution in [3.63, 3.8) is 0 Å². The Morgan fingerprint density at radius 3 is 1.61 bits per heavy atom. The molecule has 8 atom stereocenters. The average molecular weight is 745 g/mol. The summed E-state index contributed by atoms with van der Waals surface area (Å²) in [4.78, 5) is 62.1. The van der Waals surface area contributed by atoms with Gasteiger partial charge < -0.3 is 25.5 Å². The summed E-state index contributed by atoms with van der Waals surface area (Å²) in [5, 5.41) is 16.4. The van der Waals surface area contributed by atoms with Crippen molar-refractivity contribution in [3.05, 3.63) is 0 Å². The lowest BCUT2D eigenvalue weighted by atomic mass is 10.0. The van der Waals surface area contributed by atoms with Gasteiger partial charge in [0.25, 0.3) is 11.8 Å². The van der Waals surface area contributed by atoms with Crippen LogP contribution in [0.2, 0.25) is 0 Å². The second kappa shape index (κ2) is 15.1. The molecule has 6 aliphatic heterocycles. The Morgan fingerprint density at radius 2 is 1.22 bits per heavy atom. The van der Waals surface area contributed by atoms with Gasteiger partial charge in [-0.2, -0.15) is 27.0 Å². The predicted molar refractivity (Wildman–Crippen MR) is 158 cm³/mol. The van der Waals surface area contributed by atoms with Crippen LogP contribution < -0.4 is 21.6 Å². The van der Waals surface area contributed by atoms with E-state index in [1.165, 1.54) is 9.80 Å². The molecule has 6 aliphatic rings. The third-order valence-corrected chi connectivity index (χ3v) is 9.66. The monoisotopic (exact) mass is 744 g/mol. The topological polar surface area (TPSA) is 295 Å². The molecular weight excluding hydrogens is 704 g/mol. The lowest BCUT2D eigenvalue weighted by Gasteiger charge is -2.29. The smallest absolute Gasteiger partial charge is 0.395 e. The Kier molecular flexibility index (Phi) is 11.5. The third kappa shape index (κ3) is 9.23. The highest BCUT2D eigenvalue weighted by Gasteiger charge is 2.51. The number of aliphatic hydroxyl groups is 1. The van der Waals surface area contributed by atoms with Gasteiger partial charge in [-0.05, 0) is 45.4 Å². The molecule has 49 heavy (non-hydrogen) atoms. The molecule has 278 valence electrons. The van der Waals surface area contributed by atoms with Gasteiger partial charge in [0.1, 0.15) is 12.1 Å². The zero-order valence-electron chi connectivity index (χ0n) is 26.2. The molecule has 6 fully saturated rings. The maximum Gasteiger partial charge on any atom is 0.418 e. The number of urea groups is 2. The highest BCUT2D eigenvalue weighted by Crippen LogP contribution is 2.32. The van der Waals surface area contributed by atoms with Crippen LogP contribution in [0, 0.1) is 0 Å². The molecule has 4 bridgehead atoms. The van der Waals surface area contributed by atoms with Crippen LogP contribution in [0.5, 0.6) is 0 Å². The van der Waals surface area contributed by atoms with Crippen molar-refractivity contribution in [1.29, 1.82) is 0 Å².